The van der Waals surface area contributed by atoms with Gasteiger partial charge in [-0.1, -0.05) is 0 Å². The SMILES string of the molecule is C#CCC(NN)c1cscn1. The van der Waals surface area contributed by atoms with Crippen molar-refractivity contribution in [2.75, 3.05) is 0 Å². The van der Waals surface area contributed by atoms with Gasteiger partial charge in [0, 0.05) is 11.8 Å². The van der Waals surface area contributed by atoms with Gasteiger partial charge in [-0.05, 0) is 0 Å². The summed E-state index contributed by atoms with van der Waals surface area (Å²) < 4.78 is 0. The van der Waals surface area contributed by atoms with Crippen molar-refractivity contribution in [3.63, 3.8) is 0 Å². The van der Waals surface area contributed by atoms with Crippen molar-refractivity contribution in [3.8, 4) is 12.3 Å². The van der Waals surface area contributed by atoms with Crippen molar-refractivity contribution in [1.82, 2.24) is 10.4 Å². The fourth-order valence-corrected chi connectivity index (χ4v) is 1.37. The van der Waals surface area contributed by atoms with Crippen LogP contribution in [-0.2, 0) is 0 Å². The second-order valence-corrected chi connectivity index (χ2v) is 2.76. The highest BCUT2D eigenvalue weighted by Crippen LogP contribution is 2.14. The third-order valence-corrected chi connectivity index (χ3v) is 1.94. The van der Waals surface area contributed by atoms with Crippen molar-refractivity contribution in [2.45, 2.75) is 12.5 Å². The van der Waals surface area contributed by atoms with Gasteiger partial charge in [-0.2, -0.15) is 0 Å². The summed E-state index contributed by atoms with van der Waals surface area (Å²) in [4.78, 5) is 4.09. The summed E-state index contributed by atoms with van der Waals surface area (Å²) in [7, 11) is 0. The molecule has 0 radical (unpaired) electrons. The normalized spacial score (nSPS) is 12.4. The average molecular weight is 167 g/mol. The maximum Gasteiger partial charge on any atom is 0.0795 e. The van der Waals surface area contributed by atoms with E-state index in [0.717, 1.165) is 5.69 Å². The summed E-state index contributed by atoms with van der Waals surface area (Å²) in [5, 5.41) is 1.93. The fourth-order valence-electron chi connectivity index (χ4n) is 0.761. The van der Waals surface area contributed by atoms with Crippen molar-refractivity contribution in [2.24, 2.45) is 5.84 Å². The van der Waals surface area contributed by atoms with Gasteiger partial charge < -0.3 is 0 Å². The number of hydrogen-bond acceptors (Lipinski definition) is 4. The Hall–Kier alpha value is -0.890. The number of aromatic nitrogens is 1. The van der Waals surface area contributed by atoms with Crippen molar-refractivity contribution in [3.05, 3.63) is 16.6 Å². The predicted octanol–water partition coefficient (Wildman–Crippen LogP) is 0.671. The van der Waals surface area contributed by atoms with Crippen molar-refractivity contribution in [1.29, 1.82) is 0 Å². The molecule has 1 aromatic rings. The Balaban J connectivity index is 2.65. The van der Waals surface area contributed by atoms with Crippen molar-refractivity contribution >= 4 is 11.3 Å². The molecular weight excluding hydrogens is 158 g/mol. The van der Waals surface area contributed by atoms with Crippen LogP contribution in [0.1, 0.15) is 18.2 Å². The van der Waals surface area contributed by atoms with Gasteiger partial charge in [-0.3, -0.25) is 11.3 Å². The molecule has 0 fully saturated rings. The molecule has 0 saturated heterocycles. The predicted molar refractivity (Wildman–Crippen MR) is 45.6 cm³/mol. The van der Waals surface area contributed by atoms with Crippen LogP contribution in [0.15, 0.2) is 10.9 Å². The Morgan fingerprint density at radius 1 is 1.91 bits per heavy atom. The Bertz CT molecular complexity index is 237. The lowest BCUT2D eigenvalue weighted by Crippen LogP contribution is -2.27. The standard InChI is InChI=1S/C7H9N3S/c1-2-3-6(10-8)7-4-11-5-9-7/h1,4-6,10H,3,8H2. The summed E-state index contributed by atoms with van der Waals surface area (Å²) in [5.41, 5.74) is 5.28. The van der Waals surface area contributed by atoms with Crippen LogP contribution < -0.4 is 11.3 Å². The molecule has 1 aromatic heterocycles. The van der Waals surface area contributed by atoms with Gasteiger partial charge in [0.15, 0.2) is 0 Å². The molecule has 1 heterocycles. The molecule has 3 nitrogen and oxygen atoms in total. The quantitative estimate of drug-likeness (QED) is 0.395. The van der Waals surface area contributed by atoms with E-state index < -0.39 is 0 Å². The highest BCUT2D eigenvalue weighted by Gasteiger charge is 2.08. The summed E-state index contributed by atoms with van der Waals surface area (Å²) in [6, 6.07) is -0.00810. The van der Waals surface area contributed by atoms with Gasteiger partial charge in [0.1, 0.15) is 0 Å². The molecule has 0 bridgehead atoms. The van der Waals surface area contributed by atoms with Crippen molar-refractivity contribution < 1.29 is 0 Å². The van der Waals surface area contributed by atoms with Gasteiger partial charge >= 0.3 is 0 Å². The third kappa shape index (κ3) is 2.02. The second-order valence-electron chi connectivity index (χ2n) is 2.04. The number of rotatable bonds is 3. The lowest BCUT2D eigenvalue weighted by molar-refractivity contribution is 0.556. The average Bonchev–Trinajstić information content (AvgIpc) is 2.52. The van der Waals surface area contributed by atoms with E-state index in [2.05, 4.69) is 16.3 Å². The maximum atomic E-state index is 5.27. The molecule has 0 spiro atoms. The molecule has 0 aliphatic heterocycles. The van der Waals surface area contributed by atoms with Crippen LogP contribution >= 0.6 is 11.3 Å². The molecule has 1 unspecified atom stereocenters. The summed E-state index contributed by atoms with van der Waals surface area (Å²) in [5.74, 6) is 7.80. The first-order valence-corrected chi connectivity index (χ1v) is 4.10. The van der Waals surface area contributed by atoms with E-state index in [0.29, 0.717) is 6.42 Å². The van der Waals surface area contributed by atoms with E-state index in [9.17, 15) is 0 Å². The monoisotopic (exact) mass is 167 g/mol. The molecule has 0 amide bonds. The highest BCUT2D eigenvalue weighted by molar-refractivity contribution is 7.07. The van der Waals surface area contributed by atoms with Gasteiger partial charge in [0.05, 0.1) is 17.2 Å². The third-order valence-electron chi connectivity index (χ3n) is 1.33. The topological polar surface area (TPSA) is 50.9 Å². The van der Waals surface area contributed by atoms with Gasteiger partial charge in [0.2, 0.25) is 0 Å². The first kappa shape index (κ1) is 8.21. The molecule has 4 heteroatoms. The second kappa shape index (κ2) is 4.09. The van der Waals surface area contributed by atoms with Crippen LogP contribution in [0, 0.1) is 12.3 Å². The first-order valence-electron chi connectivity index (χ1n) is 3.16. The lowest BCUT2D eigenvalue weighted by Gasteiger charge is -2.08. The largest absolute Gasteiger partial charge is 0.271 e. The number of nitrogens with zero attached hydrogens (tertiary/aromatic N) is 1. The molecular formula is C7H9N3S. The minimum Gasteiger partial charge on any atom is -0.271 e. The minimum absolute atomic E-state index is 0.00810. The number of thiazole rings is 1. The minimum atomic E-state index is -0.00810. The van der Waals surface area contributed by atoms with E-state index >= 15 is 0 Å². The summed E-state index contributed by atoms with van der Waals surface area (Å²) in [6.07, 6.45) is 5.71. The van der Waals surface area contributed by atoms with E-state index in [1.807, 2.05) is 5.38 Å². The molecule has 0 saturated carbocycles. The number of nitrogens with one attached hydrogen (secondary N) is 1. The highest BCUT2D eigenvalue weighted by atomic mass is 32.1. The smallest absolute Gasteiger partial charge is 0.0795 e. The van der Waals surface area contributed by atoms with Crippen LogP contribution in [0.2, 0.25) is 0 Å². The molecule has 0 aliphatic carbocycles. The van der Waals surface area contributed by atoms with Gasteiger partial charge in [-0.25, -0.2) is 4.98 Å². The molecule has 0 aliphatic rings. The Labute approximate surface area is 69.6 Å². The van der Waals surface area contributed by atoms with Gasteiger partial charge in [0.25, 0.3) is 0 Å². The zero-order valence-electron chi connectivity index (χ0n) is 5.95. The van der Waals surface area contributed by atoms with E-state index in [4.69, 9.17) is 12.3 Å². The molecule has 3 N–H and O–H groups in total. The van der Waals surface area contributed by atoms with Crippen LogP contribution in [0.3, 0.4) is 0 Å². The van der Waals surface area contributed by atoms with E-state index in [1.165, 1.54) is 11.3 Å². The molecule has 1 rings (SSSR count). The van der Waals surface area contributed by atoms with E-state index in [-0.39, 0.29) is 6.04 Å². The molecule has 11 heavy (non-hydrogen) atoms. The maximum absolute atomic E-state index is 5.27. The number of hydrazine groups is 1. The molecule has 1 atom stereocenters. The van der Waals surface area contributed by atoms with Crippen LogP contribution in [0.5, 0.6) is 0 Å². The van der Waals surface area contributed by atoms with Crippen LogP contribution in [0.25, 0.3) is 0 Å². The van der Waals surface area contributed by atoms with E-state index in [1.54, 1.807) is 5.51 Å². The Morgan fingerprint density at radius 2 is 2.73 bits per heavy atom. The number of hydrogen-bond donors (Lipinski definition) is 2. The Morgan fingerprint density at radius 3 is 3.18 bits per heavy atom. The molecule has 0 aromatic carbocycles. The first-order chi connectivity index (χ1) is 5.38. The summed E-state index contributed by atoms with van der Waals surface area (Å²) in [6.45, 7) is 0. The van der Waals surface area contributed by atoms with Crippen LogP contribution in [-0.4, -0.2) is 4.98 Å². The lowest BCUT2D eigenvalue weighted by atomic mass is 10.2. The number of terminal acetylenes is 1. The zero-order valence-corrected chi connectivity index (χ0v) is 6.77. The number of nitrogens with two attached hydrogens (primary N) is 1. The summed E-state index contributed by atoms with van der Waals surface area (Å²) >= 11 is 1.53. The molecule has 58 valence electrons. The zero-order chi connectivity index (χ0) is 8.10. The van der Waals surface area contributed by atoms with Crippen LogP contribution in [0.4, 0.5) is 0 Å². The fraction of sp³-hybridized carbons (Fsp3) is 0.286. The Kier molecular flexibility index (Phi) is 3.05. The van der Waals surface area contributed by atoms with Gasteiger partial charge in [-0.15, -0.1) is 23.7 Å².